The molecule has 4 nitrogen and oxygen atoms in total. The van der Waals surface area contributed by atoms with Gasteiger partial charge in [0.05, 0.1) is 5.69 Å². The molecular formula is C10H19FN4. The number of rotatable bonds is 4. The van der Waals surface area contributed by atoms with Crippen molar-refractivity contribution in [1.82, 2.24) is 20.3 Å². The normalized spacial score (nSPS) is 14.2. The zero-order chi connectivity index (χ0) is 11.5. The summed E-state index contributed by atoms with van der Waals surface area (Å²) in [5.41, 5.74) is 0.646. The average molecular weight is 214 g/mol. The fourth-order valence-electron chi connectivity index (χ4n) is 1.20. The van der Waals surface area contributed by atoms with Crippen molar-refractivity contribution in [1.29, 1.82) is 0 Å². The molecule has 1 rings (SSSR count). The minimum atomic E-state index is -0.916. The molecule has 0 aliphatic heterocycles. The summed E-state index contributed by atoms with van der Waals surface area (Å²) in [5.74, 6) is 0. The van der Waals surface area contributed by atoms with Crippen molar-refractivity contribution in [2.24, 2.45) is 7.05 Å². The average Bonchev–Trinajstić information content (AvgIpc) is 2.47. The number of aryl methyl sites for hydroxylation is 1. The molecule has 0 aliphatic carbocycles. The lowest BCUT2D eigenvalue weighted by Crippen LogP contribution is -2.40. The Morgan fingerprint density at radius 1 is 1.53 bits per heavy atom. The summed E-state index contributed by atoms with van der Waals surface area (Å²) in [5, 5.41) is 10.7. The SMILES string of the molecule is Cn1cc(CC(F)CNC(C)(C)C)nn1. The van der Waals surface area contributed by atoms with E-state index in [2.05, 4.69) is 15.6 Å². The zero-order valence-corrected chi connectivity index (χ0v) is 9.79. The van der Waals surface area contributed by atoms with Crippen LogP contribution in [-0.4, -0.2) is 33.2 Å². The second kappa shape index (κ2) is 4.70. The number of hydrogen-bond acceptors (Lipinski definition) is 3. The third-order valence-corrected chi connectivity index (χ3v) is 1.93. The van der Waals surface area contributed by atoms with Gasteiger partial charge in [-0.3, -0.25) is 4.68 Å². The number of hydrogen-bond donors (Lipinski definition) is 1. The number of nitrogens with zero attached hydrogens (tertiary/aromatic N) is 3. The molecule has 1 aromatic heterocycles. The lowest BCUT2D eigenvalue weighted by molar-refractivity contribution is 0.283. The van der Waals surface area contributed by atoms with Crippen LogP contribution in [0.1, 0.15) is 26.5 Å². The van der Waals surface area contributed by atoms with Crippen molar-refractivity contribution in [3.8, 4) is 0 Å². The largest absolute Gasteiger partial charge is 0.309 e. The summed E-state index contributed by atoms with van der Waals surface area (Å²) in [7, 11) is 1.77. The van der Waals surface area contributed by atoms with E-state index in [9.17, 15) is 4.39 Å². The maximum atomic E-state index is 13.5. The minimum Gasteiger partial charge on any atom is -0.309 e. The molecule has 0 amide bonds. The number of aromatic nitrogens is 3. The van der Waals surface area contributed by atoms with E-state index in [1.54, 1.807) is 17.9 Å². The molecule has 0 aromatic carbocycles. The lowest BCUT2D eigenvalue weighted by atomic mass is 10.1. The van der Waals surface area contributed by atoms with Crippen molar-refractivity contribution in [2.75, 3.05) is 6.54 Å². The number of alkyl halides is 1. The van der Waals surface area contributed by atoms with Crippen LogP contribution in [0.5, 0.6) is 0 Å². The summed E-state index contributed by atoms with van der Waals surface area (Å²) in [4.78, 5) is 0. The van der Waals surface area contributed by atoms with Crippen molar-refractivity contribution in [2.45, 2.75) is 38.9 Å². The Bertz CT molecular complexity index is 303. The standard InChI is InChI=1S/C10H19FN4/c1-10(2,3)12-6-8(11)5-9-7-15(4)14-13-9/h7-8,12H,5-6H2,1-4H3. The van der Waals surface area contributed by atoms with Crippen LogP contribution < -0.4 is 5.32 Å². The van der Waals surface area contributed by atoms with Gasteiger partial charge in [0.15, 0.2) is 0 Å². The molecule has 0 saturated carbocycles. The van der Waals surface area contributed by atoms with Gasteiger partial charge in [-0.15, -0.1) is 5.10 Å². The molecule has 0 fully saturated rings. The summed E-state index contributed by atoms with van der Waals surface area (Å²) in [6.07, 6.45) is 1.14. The van der Waals surface area contributed by atoms with E-state index in [-0.39, 0.29) is 5.54 Å². The number of nitrogens with one attached hydrogen (secondary N) is 1. The highest BCUT2D eigenvalue weighted by atomic mass is 19.1. The Morgan fingerprint density at radius 3 is 2.67 bits per heavy atom. The Balaban J connectivity index is 2.33. The lowest BCUT2D eigenvalue weighted by Gasteiger charge is -2.21. The van der Waals surface area contributed by atoms with Crippen LogP contribution in [0.3, 0.4) is 0 Å². The zero-order valence-electron chi connectivity index (χ0n) is 9.79. The maximum absolute atomic E-state index is 13.5. The van der Waals surface area contributed by atoms with Crippen LogP contribution in [0.4, 0.5) is 4.39 Å². The molecule has 1 atom stereocenters. The van der Waals surface area contributed by atoms with E-state index in [0.717, 1.165) is 0 Å². The monoisotopic (exact) mass is 214 g/mol. The van der Waals surface area contributed by atoms with Crippen LogP contribution in [0, 0.1) is 0 Å². The predicted molar refractivity (Wildman–Crippen MR) is 57.4 cm³/mol. The van der Waals surface area contributed by atoms with Gasteiger partial charge in [0.2, 0.25) is 0 Å². The van der Waals surface area contributed by atoms with E-state index in [1.807, 2.05) is 20.8 Å². The van der Waals surface area contributed by atoms with E-state index in [1.165, 1.54) is 0 Å². The molecular weight excluding hydrogens is 195 g/mol. The van der Waals surface area contributed by atoms with Gasteiger partial charge < -0.3 is 5.32 Å². The van der Waals surface area contributed by atoms with E-state index >= 15 is 0 Å². The van der Waals surface area contributed by atoms with Crippen LogP contribution in [0.2, 0.25) is 0 Å². The molecule has 1 heterocycles. The van der Waals surface area contributed by atoms with E-state index in [4.69, 9.17) is 0 Å². The van der Waals surface area contributed by atoms with Crippen molar-refractivity contribution >= 4 is 0 Å². The summed E-state index contributed by atoms with van der Waals surface area (Å²) in [6.45, 7) is 6.40. The van der Waals surface area contributed by atoms with Crippen LogP contribution in [0.25, 0.3) is 0 Å². The van der Waals surface area contributed by atoms with Crippen LogP contribution in [-0.2, 0) is 13.5 Å². The van der Waals surface area contributed by atoms with E-state index in [0.29, 0.717) is 18.7 Å². The molecule has 86 valence electrons. The molecule has 0 bridgehead atoms. The highest BCUT2D eigenvalue weighted by Gasteiger charge is 2.14. The van der Waals surface area contributed by atoms with Gasteiger partial charge in [-0.1, -0.05) is 5.21 Å². The van der Waals surface area contributed by atoms with Gasteiger partial charge in [-0.2, -0.15) is 0 Å². The molecule has 0 saturated heterocycles. The highest BCUT2D eigenvalue weighted by Crippen LogP contribution is 2.04. The predicted octanol–water partition coefficient (Wildman–Crippen LogP) is 1.08. The first-order valence-corrected chi connectivity index (χ1v) is 5.11. The Hall–Kier alpha value is -0.970. The Morgan fingerprint density at radius 2 is 2.20 bits per heavy atom. The first-order valence-electron chi connectivity index (χ1n) is 5.11. The molecule has 0 radical (unpaired) electrons. The second-order valence-electron chi connectivity index (χ2n) is 4.82. The first kappa shape index (κ1) is 12.1. The van der Waals surface area contributed by atoms with Crippen molar-refractivity contribution < 1.29 is 4.39 Å². The molecule has 0 aliphatic rings. The summed E-state index contributed by atoms with van der Waals surface area (Å²) in [6, 6.07) is 0. The quantitative estimate of drug-likeness (QED) is 0.815. The minimum absolute atomic E-state index is 0.0489. The molecule has 5 heteroatoms. The first-order chi connectivity index (χ1) is 6.87. The second-order valence-corrected chi connectivity index (χ2v) is 4.82. The van der Waals surface area contributed by atoms with Crippen molar-refractivity contribution in [3.05, 3.63) is 11.9 Å². The van der Waals surface area contributed by atoms with Gasteiger partial charge in [0, 0.05) is 31.7 Å². The van der Waals surface area contributed by atoms with Gasteiger partial charge in [-0.05, 0) is 20.8 Å². The van der Waals surface area contributed by atoms with Gasteiger partial charge >= 0.3 is 0 Å². The fourth-order valence-corrected chi connectivity index (χ4v) is 1.20. The Kier molecular flexibility index (Phi) is 3.79. The van der Waals surface area contributed by atoms with Crippen LogP contribution >= 0.6 is 0 Å². The molecule has 1 unspecified atom stereocenters. The third kappa shape index (κ3) is 4.88. The third-order valence-electron chi connectivity index (χ3n) is 1.93. The Labute approximate surface area is 89.9 Å². The topological polar surface area (TPSA) is 42.7 Å². The molecule has 0 spiro atoms. The maximum Gasteiger partial charge on any atom is 0.118 e. The van der Waals surface area contributed by atoms with Gasteiger partial charge in [-0.25, -0.2) is 4.39 Å². The molecule has 1 aromatic rings. The summed E-state index contributed by atoms with van der Waals surface area (Å²) < 4.78 is 15.1. The number of halogens is 1. The van der Waals surface area contributed by atoms with Gasteiger partial charge in [0.1, 0.15) is 6.17 Å². The fraction of sp³-hybridized carbons (Fsp3) is 0.800. The highest BCUT2D eigenvalue weighted by molar-refractivity contribution is 4.94. The van der Waals surface area contributed by atoms with Crippen LogP contribution in [0.15, 0.2) is 6.20 Å². The van der Waals surface area contributed by atoms with Gasteiger partial charge in [0.25, 0.3) is 0 Å². The summed E-state index contributed by atoms with van der Waals surface area (Å²) >= 11 is 0. The van der Waals surface area contributed by atoms with E-state index < -0.39 is 6.17 Å². The van der Waals surface area contributed by atoms with Crippen molar-refractivity contribution in [3.63, 3.8) is 0 Å². The smallest absolute Gasteiger partial charge is 0.118 e. The molecule has 1 N–H and O–H groups in total. The molecule has 15 heavy (non-hydrogen) atoms.